The summed E-state index contributed by atoms with van der Waals surface area (Å²) in [7, 11) is 3.21. The van der Waals surface area contributed by atoms with Gasteiger partial charge in [-0.25, -0.2) is 0 Å². The highest BCUT2D eigenvalue weighted by Gasteiger charge is 2.16. The number of piperidine rings is 1. The number of rotatable bonds is 8. The molecule has 1 unspecified atom stereocenters. The molecule has 0 aromatic heterocycles. The number of amides is 1. The van der Waals surface area contributed by atoms with Crippen LogP contribution in [0, 0.1) is 0 Å². The molecule has 1 aliphatic rings. The number of nitrogens with one attached hydrogen (secondary N) is 1. The predicted octanol–water partition coefficient (Wildman–Crippen LogP) is -0.389. The molecule has 6 heteroatoms. The summed E-state index contributed by atoms with van der Waals surface area (Å²) < 4.78 is 10.5. The van der Waals surface area contributed by atoms with E-state index >= 15 is 0 Å². The largest absolute Gasteiger partial charge is 0.389 e. The summed E-state index contributed by atoms with van der Waals surface area (Å²) in [6.45, 7) is 2.96. The average Bonchev–Trinajstić information content (AvgIpc) is 2.40. The van der Waals surface area contributed by atoms with E-state index in [9.17, 15) is 9.90 Å². The van der Waals surface area contributed by atoms with Gasteiger partial charge in [0.15, 0.2) is 0 Å². The van der Waals surface area contributed by atoms with Crippen LogP contribution in [0.25, 0.3) is 0 Å². The lowest BCUT2D eigenvalue weighted by Crippen LogP contribution is -2.37. The van der Waals surface area contributed by atoms with Crippen LogP contribution in [-0.2, 0) is 14.3 Å². The molecule has 0 saturated carbocycles. The molecule has 19 heavy (non-hydrogen) atoms. The molecule has 112 valence electrons. The van der Waals surface area contributed by atoms with E-state index in [1.54, 1.807) is 7.05 Å². The van der Waals surface area contributed by atoms with Crippen molar-refractivity contribution in [3.05, 3.63) is 0 Å². The van der Waals surface area contributed by atoms with Gasteiger partial charge in [0.2, 0.25) is 5.91 Å². The second kappa shape index (κ2) is 9.25. The SMILES string of the molecule is COCC(O)CN(C)C(=O)CCOC1CCNCC1. The highest BCUT2D eigenvalue weighted by Crippen LogP contribution is 2.07. The van der Waals surface area contributed by atoms with E-state index in [2.05, 4.69) is 5.32 Å². The first-order valence-electron chi connectivity index (χ1n) is 6.86. The van der Waals surface area contributed by atoms with Crippen molar-refractivity contribution in [2.45, 2.75) is 31.5 Å². The van der Waals surface area contributed by atoms with E-state index in [-0.39, 0.29) is 18.6 Å². The number of likely N-dealkylation sites (N-methyl/N-ethyl adjacent to an activating group) is 1. The Balaban J connectivity index is 2.11. The van der Waals surface area contributed by atoms with Crippen LogP contribution in [0.4, 0.5) is 0 Å². The predicted molar refractivity (Wildman–Crippen MR) is 72.0 cm³/mol. The Morgan fingerprint density at radius 1 is 1.47 bits per heavy atom. The molecular weight excluding hydrogens is 248 g/mol. The third-order valence-corrected chi connectivity index (χ3v) is 3.23. The average molecular weight is 274 g/mol. The Hall–Kier alpha value is -0.690. The fourth-order valence-electron chi connectivity index (χ4n) is 2.13. The molecule has 0 aromatic carbocycles. The Morgan fingerprint density at radius 2 is 2.16 bits per heavy atom. The van der Waals surface area contributed by atoms with Gasteiger partial charge in [0, 0.05) is 20.7 Å². The number of methoxy groups -OCH3 is 1. The lowest BCUT2D eigenvalue weighted by Gasteiger charge is -2.24. The van der Waals surface area contributed by atoms with Crippen LogP contribution >= 0.6 is 0 Å². The van der Waals surface area contributed by atoms with Gasteiger partial charge in [-0.1, -0.05) is 0 Å². The molecule has 0 radical (unpaired) electrons. The normalized spacial score (nSPS) is 18.3. The molecule has 1 rings (SSSR count). The minimum atomic E-state index is -0.635. The van der Waals surface area contributed by atoms with Crippen molar-refractivity contribution in [1.82, 2.24) is 10.2 Å². The summed E-state index contributed by atoms with van der Waals surface area (Å²) in [5, 5.41) is 12.8. The van der Waals surface area contributed by atoms with Crippen LogP contribution in [0.2, 0.25) is 0 Å². The topological polar surface area (TPSA) is 71.0 Å². The van der Waals surface area contributed by atoms with Crippen LogP contribution in [0.3, 0.4) is 0 Å². The lowest BCUT2D eigenvalue weighted by atomic mass is 10.1. The van der Waals surface area contributed by atoms with E-state index in [1.165, 1.54) is 12.0 Å². The molecule has 0 aromatic rings. The van der Waals surface area contributed by atoms with Crippen LogP contribution < -0.4 is 5.32 Å². The molecule has 1 saturated heterocycles. The minimum absolute atomic E-state index is 0.0101. The van der Waals surface area contributed by atoms with Crippen molar-refractivity contribution in [2.75, 3.05) is 47.0 Å². The fourth-order valence-corrected chi connectivity index (χ4v) is 2.13. The number of carbonyl (C=O) groups excluding carboxylic acids is 1. The summed E-state index contributed by atoms with van der Waals surface area (Å²) in [5.74, 6) is -0.0101. The van der Waals surface area contributed by atoms with E-state index in [0.717, 1.165) is 25.9 Å². The first kappa shape index (κ1) is 16.4. The van der Waals surface area contributed by atoms with Crippen molar-refractivity contribution in [3.8, 4) is 0 Å². The van der Waals surface area contributed by atoms with Gasteiger partial charge >= 0.3 is 0 Å². The van der Waals surface area contributed by atoms with Crippen LogP contribution in [0.15, 0.2) is 0 Å². The Morgan fingerprint density at radius 3 is 2.79 bits per heavy atom. The Labute approximate surface area is 115 Å². The van der Waals surface area contributed by atoms with E-state index in [0.29, 0.717) is 19.6 Å². The van der Waals surface area contributed by atoms with Crippen molar-refractivity contribution in [1.29, 1.82) is 0 Å². The van der Waals surface area contributed by atoms with Gasteiger partial charge in [0.25, 0.3) is 0 Å². The summed E-state index contributed by atoms with van der Waals surface area (Å²) in [6.07, 6.45) is 2.02. The molecular formula is C13H26N2O4. The van der Waals surface area contributed by atoms with Gasteiger partial charge in [0.1, 0.15) is 0 Å². The maximum atomic E-state index is 11.8. The summed E-state index contributed by atoms with van der Waals surface area (Å²) in [6, 6.07) is 0. The van der Waals surface area contributed by atoms with Crippen LogP contribution in [-0.4, -0.2) is 75.1 Å². The summed E-state index contributed by atoms with van der Waals surface area (Å²) in [4.78, 5) is 13.3. The molecule has 1 aliphatic heterocycles. The number of carbonyl (C=O) groups is 1. The molecule has 1 heterocycles. The van der Waals surface area contributed by atoms with E-state index in [4.69, 9.17) is 9.47 Å². The summed E-state index contributed by atoms with van der Waals surface area (Å²) in [5.41, 5.74) is 0. The van der Waals surface area contributed by atoms with Crippen molar-refractivity contribution >= 4 is 5.91 Å². The Kier molecular flexibility index (Phi) is 7.97. The molecule has 2 N–H and O–H groups in total. The lowest BCUT2D eigenvalue weighted by molar-refractivity contribution is -0.133. The molecule has 1 atom stereocenters. The molecule has 1 amide bonds. The second-order valence-corrected chi connectivity index (χ2v) is 4.95. The number of hydrogen-bond donors (Lipinski definition) is 2. The zero-order valence-corrected chi connectivity index (χ0v) is 11.9. The maximum absolute atomic E-state index is 11.8. The highest BCUT2D eigenvalue weighted by atomic mass is 16.5. The quantitative estimate of drug-likeness (QED) is 0.631. The molecule has 0 aliphatic carbocycles. The second-order valence-electron chi connectivity index (χ2n) is 4.95. The van der Waals surface area contributed by atoms with Gasteiger partial charge in [0.05, 0.1) is 31.8 Å². The van der Waals surface area contributed by atoms with Gasteiger partial charge in [-0.05, 0) is 25.9 Å². The molecule has 6 nitrogen and oxygen atoms in total. The first-order chi connectivity index (χ1) is 9.13. The van der Waals surface area contributed by atoms with Crippen LogP contribution in [0.5, 0.6) is 0 Å². The molecule has 0 bridgehead atoms. The molecule has 0 spiro atoms. The highest BCUT2D eigenvalue weighted by molar-refractivity contribution is 5.75. The zero-order valence-electron chi connectivity index (χ0n) is 11.9. The molecule has 1 fully saturated rings. The van der Waals surface area contributed by atoms with E-state index in [1.807, 2.05) is 0 Å². The Bertz CT molecular complexity index is 257. The van der Waals surface area contributed by atoms with Gasteiger partial charge < -0.3 is 24.8 Å². The van der Waals surface area contributed by atoms with Crippen LogP contribution in [0.1, 0.15) is 19.3 Å². The number of nitrogens with zero attached hydrogens (tertiary/aromatic N) is 1. The number of ether oxygens (including phenoxy) is 2. The third kappa shape index (κ3) is 6.87. The standard InChI is InChI=1S/C13H26N2O4/c1-15(9-11(16)10-18-2)13(17)5-8-19-12-3-6-14-7-4-12/h11-12,14,16H,3-10H2,1-2H3. The number of hydrogen-bond acceptors (Lipinski definition) is 5. The fraction of sp³-hybridized carbons (Fsp3) is 0.923. The van der Waals surface area contributed by atoms with E-state index < -0.39 is 6.10 Å². The number of aliphatic hydroxyl groups excluding tert-OH is 1. The minimum Gasteiger partial charge on any atom is -0.389 e. The van der Waals surface area contributed by atoms with Gasteiger partial charge in [-0.2, -0.15) is 0 Å². The maximum Gasteiger partial charge on any atom is 0.224 e. The van der Waals surface area contributed by atoms with Crippen molar-refractivity contribution < 1.29 is 19.4 Å². The van der Waals surface area contributed by atoms with Crippen molar-refractivity contribution in [2.24, 2.45) is 0 Å². The first-order valence-corrected chi connectivity index (χ1v) is 6.86. The zero-order chi connectivity index (χ0) is 14.1. The van der Waals surface area contributed by atoms with Gasteiger partial charge in [-0.15, -0.1) is 0 Å². The van der Waals surface area contributed by atoms with Gasteiger partial charge in [-0.3, -0.25) is 4.79 Å². The smallest absolute Gasteiger partial charge is 0.224 e. The van der Waals surface area contributed by atoms with Crippen molar-refractivity contribution in [3.63, 3.8) is 0 Å². The number of aliphatic hydroxyl groups is 1. The third-order valence-electron chi connectivity index (χ3n) is 3.23. The monoisotopic (exact) mass is 274 g/mol. The summed E-state index contributed by atoms with van der Waals surface area (Å²) >= 11 is 0.